The van der Waals surface area contributed by atoms with Gasteiger partial charge in [0.05, 0.1) is 25.0 Å². The fraction of sp³-hybridized carbons (Fsp3) is 0.600. The molecule has 2 aliphatic heterocycles. The van der Waals surface area contributed by atoms with E-state index in [-0.39, 0.29) is 36.1 Å². The highest BCUT2D eigenvalue weighted by Gasteiger charge is 2.44. The molecular formula is C35H50N2O4. The Morgan fingerprint density at radius 1 is 0.683 bits per heavy atom. The van der Waals surface area contributed by atoms with Gasteiger partial charge in [-0.1, -0.05) is 73.5 Å². The first-order chi connectivity index (χ1) is 20.0. The molecule has 6 nitrogen and oxygen atoms in total. The summed E-state index contributed by atoms with van der Waals surface area (Å²) in [4.78, 5) is 32.5. The second kappa shape index (κ2) is 15.5. The molecule has 0 amide bonds. The number of hydrogen-bond acceptors (Lipinski definition) is 6. The van der Waals surface area contributed by atoms with E-state index < -0.39 is 11.8 Å². The summed E-state index contributed by atoms with van der Waals surface area (Å²) >= 11 is 0. The molecule has 0 aliphatic carbocycles. The molecule has 6 heteroatoms. The van der Waals surface area contributed by atoms with E-state index >= 15 is 0 Å². The molecule has 0 spiro atoms. The first-order valence-corrected chi connectivity index (χ1v) is 15.9. The van der Waals surface area contributed by atoms with Crippen LogP contribution in [0.3, 0.4) is 0 Å². The predicted molar refractivity (Wildman–Crippen MR) is 163 cm³/mol. The molecule has 0 bridgehead atoms. The summed E-state index contributed by atoms with van der Waals surface area (Å²) in [6.45, 7) is 10.7. The van der Waals surface area contributed by atoms with Gasteiger partial charge in [0.2, 0.25) is 0 Å². The average molecular weight is 563 g/mol. The number of piperidine rings is 2. The van der Waals surface area contributed by atoms with Gasteiger partial charge in [-0.3, -0.25) is 19.4 Å². The molecule has 2 saturated heterocycles. The van der Waals surface area contributed by atoms with E-state index in [1.165, 1.54) is 11.1 Å². The van der Waals surface area contributed by atoms with Gasteiger partial charge in [-0.25, -0.2) is 0 Å². The third-order valence-corrected chi connectivity index (χ3v) is 9.36. The third kappa shape index (κ3) is 7.78. The van der Waals surface area contributed by atoms with Gasteiger partial charge >= 0.3 is 11.9 Å². The van der Waals surface area contributed by atoms with Gasteiger partial charge in [-0.05, 0) is 84.0 Å². The van der Waals surface area contributed by atoms with E-state index in [0.29, 0.717) is 19.6 Å². The van der Waals surface area contributed by atoms with Gasteiger partial charge in [0.25, 0.3) is 0 Å². The standard InChI is InChI=1S/C35H50N2O4/c1-5-40-34(38)30(32-21-13-15-23-36(32)26(3)28-17-9-7-10-18-28)25-31(35(39)41-6-2)33-22-14-16-24-37(33)27(4)29-19-11-8-12-20-29/h7-12,17-20,26-27,30-33H,5-6,13-16,21-25H2,1-4H3/t26-,27+,30-,31-,32+,33-/m1/s1. The van der Waals surface area contributed by atoms with Crippen LogP contribution in [0, 0.1) is 11.8 Å². The minimum Gasteiger partial charge on any atom is -0.466 e. The molecule has 2 aliphatic rings. The predicted octanol–water partition coefficient (Wildman–Crippen LogP) is 6.97. The fourth-order valence-electron chi connectivity index (χ4n) is 7.22. The number of esters is 2. The van der Waals surface area contributed by atoms with E-state index in [1.807, 2.05) is 26.0 Å². The van der Waals surface area contributed by atoms with Crippen LogP contribution in [0.5, 0.6) is 0 Å². The van der Waals surface area contributed by atoms with Crippen molar-refractivity contribution in [2.75, 3.05) is 26.3 Å². The SMILES string of the molecule is CCOC(=O)[C@H](C[C@@H](C(=O)OCC)[C@@H]1CCCCN1[C@H](C)c1ccccc1)[C@H]1CCCCN1[C@@H](C)c1ccccc1. The lowest BCUT2D eigenvalue weighted by Crippen LogP contribution is -2.52. The number of carbonyl (C=O) groups is 2. The van der Waals surface area contributed by atoms with E-state index in [2.05, 4.69) is 72.2 Å². The van der Waals surface area contributed by atoms with Gasteiger partial charge in [0.1, 0.15) is 0 Å². The highest BCUT2D eigenvalue weighted by Crippen LogP contribution is 2.39. The lowest BCUT2D eigenvalue weighted by atomic mass is 9.78. The van der Waals surface area contributed by atoms with Crippen LogP contribution in [0.25, 0.3) is 0 Å². The summed E-state index contributed by atoms with van der Waals surface area (Å²) in [5.41, 5.74) is 2.50. The van der Waals surface area contributed by atoms with Crippen LogP contribution >= 0.6 is 0 Å². The van der Waals surface area contributed by atoms with E-state index in [9.17, 15) is 9.59 Å². The molecule has 6 atom stereocenters. The summed E-state index contributed by atoms with van der Waals surface area (Å²) in [5.74, 6) is -1.16. The lowest BCUT2D eigenvalue weighted by molar-refractivity contribution is -0.158. The molecule has 0 unspecified atom stereocenters. The van der Waals surface area contributed by atoms with E-state index in [1.54, 1.807) is 0 Å². The molecular weight excluding hydrogens is 512 g/mol. The minimum absolute atomic E-state index is 0.0125. The Morgan fingerprint density at radius 2 is 1.07 bits per heavy atom. The number of hydrogen-bond donors (Lipinski definition) is 0. The Hall–Kier alpha value is -2.70. The van der Waals surface area contributed by atoms with Crippen LogP contribution in [-0.4, -0.2) is 60.1 Å². The molecule has 0 N–H and O–H groups in total. The van der Waals surface area contributed by atoms with Crippen LogP contribution in [0.15, 0.2) is 60.7 Å². The maximum Gasteiger partial charge on any atom is 0.310 e. The quantitative estimate of drug-likeness (QED) is 0.261. The van der Waals surface area contributed by atoms with Crippen molar-refractivity contribution in [3.63, 3.8) is 0 Å². The third-order valence-electron chi connectivity index (χ3n) is 9.36. The zero-order valence-corrected chi connectivity index (χ0v) is 25.5. The van der Waals surface area contributed by atoms with Crippen molar-refractivity contribution in [3.05, 3.63) is 71.8 Å². The van der Waals surface area contributed by atoms with Crippen LogP contribution in [-0.2, 0) is 19.1 Å². The Morgan fingerprint density at radius 3 is 1.44 bits per heavy atom. The maximum atomic E-state index is 13.8. The Kier molecular flexibility index (Phi) is 11.8. The average Bonchev–Trinajstić information content (AvgIpc) is 3.02. The highest BCUT2D eigenvalue weighted by molar-refractivity contribution is 5.77. The van der Waals surface area contributed by atoms with Crippen LogP contribution in [0.1, 0.15) is 95.9 Å². The normalized spacial score (nSPS) is 23.2. The minimum atomic E-state index is -0.397. The topological polar surface area (TPSA) is 59.1 Å². The van der Waals surface area contributed by atoms with Crippen LogP contribution < -0.4 is 0 Å². The van der Waals surface area contributed by atoms with Crippen molar-refractivity contribution >= 4 is 11.9 Å². The van der Waals surface area contributed by atoms with Crippen LogP contribution in [0.4, 0.5) is 0 Å². The second-order valence-corrected chi connectivity index (χ2v) is 11.7. The molecule has 2 aromatic carbocycles. The molecule has 224 valence electrons. The number of carbonyl (C=O) groups excluding carboxylic acids is 2. The van der Waals surface area contributed by atoms with Crippen molar-refractivity contribution in [1.29, 1.82) is 0 Å². The van der Waals surface area contributed by atoms with E-state index in [0.717, 1.165) is 51.6 Å². The van der Waals surface area contributed by atoms with Gasteiger partial charge in [-0.2, -0.15) is 0 Å². The summed E-state index contributed by atoms with van der Waals surface area (Å²) in [5, 5.41) is 0. The molecule has 4 rings (SSSR count). The Balaban J connectivity index is 1.67. The van der Waals surface area contributed by atoms with Crippen molar-refractivity contribution in [3.8, 4) is 0 Å². The van der Waals surface area contributed by atoms with Crippen molar-refractivity contribution in [2.24, 2.45) is 11.8 Å². The Labute approximate surface area is 247 Å². The number of rotatable bonds is 12. The highest BCUT2D eigenvalue weighted by atomic mass is 16.5. The van der Waals surface area contributed by atoms with Crippen molar-refractivity contribution in [2.45, 2.75) is 96.8 Å². The summed E-state index contributed by atoms with van der Waals surface area (Å²) < 4.78 is 11.5. The summed E-state index contributed by atoms with van der Waals surface area (Å²) in [6.07, 6.45) is 6.65. The van der Waals surface area contributed by atoms with Gasteiger partial charge in [-0.15, -0.1) is 0 Å². The fourth-order valence-corrected chi connectivity index (χ4v) is 7.22. The molecule has 2 aromatic rings. The summed E-state index contributed by atoms with van der Waals surface area (Å²) in [6, 6.07) is 21.4. The summed E-state index contributed by atoms with van der Waals surface area (Å²) in [7, 11) is 0. The molecule has 0 saturated carbocycles. The molecule has 0 radical (unpaired) electrons. The Bertz CT molecular complexity index is 993. The van der Waals surface area contributed by atoms with Crippen molar-refractivity contribution < 1.29 is 19.1 Å². The van der Waals surface area contributed by atoms with Gasteiger partial charge in [0, 0.05) is 24.2 Å². The molecule has 0 aromatic heterocycles. The maximum absolute atomic E-state index is 13.8. The molecule has 41 heavy (non-hydrogen) atoms. The zero-order chi connectivity index (χ0) is 29.2. The smallest absolute Gasteiger partial charge is 0.310 e. The van der Waals surface area contributed by atoms with E-state index in [4.69, 9.17) is 9.47 Å². The van der Waals surface area contributed by atoms with Crippen LogP contribution in [0.2, 0.25) is 0 Å². The largest absolute Gasteiger partial charge is 0.466 e. The molecule has 2 fully saturated rings. The number of benzene rings is 2. The lowest BCUT2D eigenvalue weighted by Gasteiger charge is -2.46. The monoisotopic (exact) mass is 562 g/mol. The van der Waals surface area contributed by atoms with Gasteiger partial charge < -0.3 is 9.47 Å². The first-order valence-electron chi connectivity index (χ1n) is 15.9. The number of likely N-dealkylation sites (tertiary alicyclic amines) is 2. The zero-order valence-electron chi connectivity index (χ0n) is 25.5. The van der Waals surface area contributed by atoms with Crippen molar-refractivity contribution in [1.82, 2.24) is 9.80 Å². The molecule has 2 heterocycles. The van der Waals surface area contributed by atoms with Gasteiger partial charge in [0.15, 0.2) is 0 Å². The number of nitrogens with zero attached hydrogens (tertiary/aromatic N) is 2. The number of ether oxygens (including phenoxy) is 2. The first kappa shape index (κ1) is 31.2. The second-order valence-electron chi connectivity index (χ2n) is 11.7.